The molecule has 0 aromatic heterocycles. The van der Waals surface area contributed by atoms with E-state index < -0.39 is 0 Å². The maximum atomic E-state index is 12.5. The summed E-state index contributed by atoms with van der Waals surface area (Å²) < 4.78 is 0. The van der Waals surface area contributed by atoms with Crippen molar-refractivity contribution in [2.24, 2.45) is 4.99 Å². The molecule has 4 rings (SSSR count). The van der Waals surface area contributed by atoms with Crippen molar-refractivity contribution in [3.63, 3.8) is 0 Å². The van der Waals surface area contributed by atoms with Crippen molar-refractivity contribution in [3.8, 4) is 0 Å². The third kappa shape index (κ3) is 3.72. The van der Waals surface area contributed by atoms with Crippen LogP contribution in [0.15, 0.2) is 70.5 Å². The van der Waals surface area contributed by atoms with E-state index in [4.69, 9.17) is 0 Å². The van der Waals surface area contributed by atoms with Crippen LogP contribution in [-0.2, 0) is 0 Å². The van der Waals surface area contributed by atoms with Crippen molar-refractivity contribution in [1.29, 1.82) is 0 Å². The lowest BCUT2D eigenvalue weighted by molar-refractivity contribution is 0.840. The molecule has 1 aliphatic rings. The average Bonchev–Trinajstić information content (AvgIpc) is 2.92. The maximum absolute atomic E-state index is 12.5. The van der Waals surface area contributed by atoms with E-state index in [1.807, 2.05) is 48.5 Å². The highest BCUT2D eigenvalue weighted by atomic mass is 16.1. The van der Waals surface area contributed by atoms with Gasteiger partial charge in [-0.1, -0.05) is 36.4 Å². The molecule has 5 heteroatoms. The molecule has 0 spiro atoms. The predicted molar refractivity (Wildman–Crippen MR) is 112 cm³/mol. The van der Waals surface area contributed by atoms with Gasteiger partial charge in [-0.3, -0.25) is 9.79 Å². The van der Waals surface area contributed by atoms with Gasteiger partial charge in [-0.25, -0.2) is 0 Å². The minimum absolute atomic E-state index is 0.0452. The fraction of sp³-hybridized carbons (Fsp3) is 0.273. The molecule has 0 fully saturated rings. The highest BCUT2D eigenvalue weighted by Gasteiger charge is 2.26. The average molecular weight is 360 g/mol. The number of nitrogens with zero attached hydrogens (tertiary/aromatic N) is 2. The van der Waals surface area contributed by atoms with Gasteiger partial charge in [0.1, 0.15) is 11.0 Å². The number of para-hydroxylation sites is 2. The lowest BCUT2D eigenvalue weighted by Crippen LogP contribution is -2.40. The minimum Gasteiger partial charge on any atom is -0.385 e. The van der Waals surface area contributed by atoms with Gasteiger partial charge < -0.3 is 15.5 Å². The third-order valence-electron chi connectivity index (χ3n) is 4.81. The highest BCUT2D eigenvalue weighted by molar-refractivity contribution is 5.81. The van der Waals surface area contributed by atoms with Crippen LogP contribution in [-0.4, -0.2) is 26.2 Å². The zero-order valence-electron chi connectivity index (χ0n) is 15.3. The van der Waals surface area contributed by atoms with Crippen LogP contribution in [0.2, 0.25) is 0 Å². The van der Waals surface area contributed by atoms with E-state index in [1.165, 1.54) is 0 Å². The number of nitrogens with one attached hydrogen (secondary N) is 2. The van der Waals surface area contributed by atoms with Crippen LogP contribution in [0.5, 0.6) is 0 Å². The summed E-state index contributed by atoms with van der Waals surface area (Å²) >= 11 is 0. The molecule has 138 valence electrons. The Morgan fingerprint density at radius 1 is 1.04 bits per heavy atom. The molecule has 3 aromatic rings. The molecule has 2 N–H and O–H groups in total. The van der Waals surface area contributed by atoms with Gasteiger partial charge in [0.25, 0.3) is 0 Å². The SMILES string of the molecule is O=c1c2c(c1=NCCCNc1ccccc1)N(c1ccccc1)CCCN2. The van der Waals surface area contributed by atoms with E-state index >= 15 is 0 Å². The molecule has 3 aromatic carbocycles. The van der Waals surface area contributed by atoms with E-state index in [0.717, 1.165) is 55.2 Å². The number of benzene rings is 2. The smallest absolute Gasteiger partial charge is 0.231 e. The number of hydrogen-bond acceptors (Lipinski definition) is 5. The standard InChI is InChI=1S/C22H24N4O/c27-22-19(24-14-7-13-23-17-9-3-1-4-10-17)21-20(22)25-15-8-16-26(21)18-11-5-2-6-12-18/h1-6,9-12,23,25H,7-8,13-16H2. The molecule has 0 saturated heterocycles. The summed E-state index contributed by atoms with van der Waals surface area (Å²) in [5, 5.41) is 7.27. The van der Waals surface area contributed by atoms with E-state index in [9.17, 15) is 4.79 Å². The molecule has 0 aliphatic carbocycles. The zero-order chi connectivity index (χ0) is 18.5. The van der Waals surface area contributed by atoms with Crippen molar-refractivity contribution in [2.75, 3.05) is 41.7 Å². The number of rotatable bonds is 6. The molecule has 0 unspecified atom stereocenters. The molecular weight excluding hydrogens is 336 g/mol. The maximum Gasteiger partial charge on any atom is 0.231 e. The fourth-order valence-electron chi connectivity index (χ4n) is 3.45. The molecule has 5 nitrogen and oxygen atoms in total. The van der Waals surface area contributed by atoms with Gasteiger partial charge in [0.2, 0.25) is 5.43 Å². The molecule has 0 saturated carbocycles. The summed E-state index contributed by atoms with van der Waals surface area (Å²) in [7, 11) is 0. The lowest BCUT2D eigenvalue weighted by Gasteiger charge is -2.26. The fourth-order valence-corrected chi connectivity index (χ4v) is 3.45. The zero-order valence-corrected chi connectivity index (χ0v) is 15.3. The summed E-state index contributed by atoms with van der Waals surface area (Å²) in [6.07, 6.45) is 1.87. The molecule has 0 bridgehead atoms. The predicted octanol–water partition coefficient (Wildman–Crippen LogP) is 3.28. The van der Waals surface area contributed by atoms with Crippen LogP contribution in [0.4, 0.5) is 22.7 Å². The normalized spacial score (nSPS) is 14.5. The topological polar surface area (TPSA) is 56.7 Å². The van der Waals surface area contributed by atoms with Crippen LogP contribution in [0.1, 0.15) is 12.8 Å². The molecule has 27 heavy (non-hydrogen) atoms. The van der Waals surface area contributed by atoms with Crippen LogP contribution >= 0.6 is 0 Å². The van der Waals surface area contributed by atoms with Crippen molar-refractivity contribution in [1.82, 2.24) is 0 Å². The highest BCUT2D eigenvalue weighted by Crippen LogP contribution is 2.30. The second kappa shape index (κ2) is 8.08. The van der Waals surface area contributed by atoms with Gasteiger partial charge in [0.15, 0.2) is 0 Å². The van der Waals surface area contributed by atoms with Gasteiger partial charge in [0.05, 0.1) is 5.69 Å². The first-order valence-electron chi connectivity index (χ1n) is 9.54. The number of fused-ring (bicyclic) bond motifs is 1. The third-order valence-corrected chi connectivity index (χ3v) is 4.81. The van der Waals surface area contributed by atoms with Gasteiger partial charge >= 0.3 is 0 Å². The van der Waals surface area contributed by atoms with Crippen LogP contribution in [0, 0.1) is 0 Å². The van der Waals surface area contributed by atoms with Gasteiger partial charge in [-0.05, 0) is 37.1 Å². The van der Waals surface area contributed by atoms with Gasteiger partial charge in [-0.2, -0.15) is 0 Å². The van der Waals surface area contributed by atoms with E-state index in [-0.39, 0.29) is 5.43 Å². The Kier molecular flexibility index (Phi) is 5.19. The monoisotopic (exact) mass is 360 g/mol. The number of hydrogen-bond donors (Lipinski definition) is 2. The second-order valence-electron chi connectivity index (χ2n) is 6.70. The summed E-state index contributed by atoms with van der Waals surface area (Å²) in [5.41, 5.74) is 3.94. The first-order valence-corrected chi connectivity index (χ1v) is 9.54. The first kappa shape index (κ1) is 17.3. The van der Waals surface area contributed by atoms with Crippen LogP contribution in [0.25, 0.3) is 0 Å². The van der Waals surface area contributed by atoms with Gasteiger partial charge in [0, 0.05) is 37.6 Å². The first-order chi connectivity index (χ1) is 13.3. The second-order valence-corrected chi connectivity index (χ2v) is 6.70. The number of anilines is 4. The molecule has 0 atom stereocenters. The minimum atomic E-state index is 0.0452. The Hall–Kier alpha value is -3.08. The van der Waals surface area contributed by atoms with Crippen molar-refractivity contribution >= 4 is 22.7 Å². The van der Waals surface area contributed by atoms with Gasteiger partial charge in [-0.15, -0.1) is 0 Å². The largest absolute Gasteiger partial charge is 0.385 e. The molecule has 1 aliphatic heterocycles. The summed E-state index contributed by atoms with van der Waals surface area (Å²) in [4.78, 5) is 19.4. The van der Waals surface area contributed by atoms with Crippen molar-refractivity contribution < 1.29 is 0 Å². The Morgan fingerprint density at radius 2 is 1.78 bits per heavy atom. The van der Waals surface area contributed by atoms with E-state index in [0.29, 0.717) is 11.9 Å². The Balaban J connectivity index is 1.47. The molecular formula is C22H24N4O. The molecule has 1 heterocycles. The van der Waals surface area contributed by atoms with Crippen LogP contribution < -0.4 is 26.3 Å². The summed E-state index contributed by atoms with van der Waals surface area (Å²) in [5.74, 6) is 0. The summed E-state index contributed by atoms with van der Waals surface area (Å²) in [6, 6.07) is 20.4. The molecule has 0 amide bonds. The Labute approximate surface area is 159 Å². The Morgan fingerprint density at radius 3 is 2.56 bits per heavy atom. The van der Waals surface area contributed by atoms with Crippen LogP contribution in [0.3, 0.4) is 0 Å². The molecule has 0 radical (unpaired) electrons. The van der Waals surface area contributed by atoms with E-state index in [1.54, 1.807) is 0 Å². The van der Waals surface area contributed by atoms with Crippen molar-refractivity contribution in [2.45, 2.75) is 12.8 Å². The van der Waals surface area contributed by atoms with E-state index in [2.05, 4.69) is 32.7 Å². The summed E-state index contributed by atoms with van der Waals surface area (Å²) in [6.45, 7) is 3.18. The Bertz CT molecular complexity index is 959. The lowest BCUT2D eigenvalue weighted by atomic mass is 10.1. The van der Waals surface area contributed by atoms with Crippen molar-refractivity contribution in [3.05, 3.63) is 76.2 Å². The quantitative estimate of drug-likeness (QED) is 0.663.